The van der Waals surface area contributed by atoms with Crippen LogP contribution in [-0.2, 0) is 10.0 Å². The maximum atomic E-state index is 12.2. The summed E-state index contributed by atoms with van der Waals surface area (Å²) in [5, 5.41) is 25.9. The van der Waals surface area contributed by atoms with Crippen LogP contribution in [0.15, 0.2) is 76.7 Å². The molecule has 33 heavy (non-hydrogen) atoms. The number of nitrogens with one attached hydrogen (secondary N) is 1. The number of hydrazone groups is 1. The van der Waals surface area contributed by atoms with Crippen LogP contribution in [0.5, 0.6) is 17.2 Å². The van der Waals surface area contributed by atoms with Crippen LogP contribution in [0.3, 0.4) is 0 Å². The highest BCUT2D eigenvalue weighted by Gasteiger charge is 2.22. The predicted octanol–water partition coefficient (Wildman–Crippen LogP) is 3.62. The number of nitro groups is 2. The molecule has 3 aromatic carbocycles. The molecule has 3 rings (SSSR count). The van der Waals surface area contributed by atoms with E-state index in [2.05, 4.69) is 9.93 Å². The van der Waals surface area contributed by atoms with Gasteiger partial charge in [0.1, 0.15) is 0 Å². The van der Waals surface area contributed by atoms with E-state index in [0.717, 1.165) is 18.2 Å². The molecule has 0 aliphatic rings. The Balaban J connectivity index is 1.81. The summed E-state index contributed by atoms with van der Waals surface area (Å²) in [4.78, 5) is 22.8. The molecule has 1 N–H and O–H groups in total. The highest BCUT2D eigenvalue weighted by Crippen LogP contribution is 2.38. The number of ether oxygens (including phenoxy) is 2. The fourth-order valence-electron chi connectivity index (χ4n) is 2.64. The largest absolute Gasteiger partial charge is 0.493 e. The molecule has 0 unspecified atom stereocenters. The third-order valence-corrected chi connectivity index (χ3v) is 5.44. The molecule has 0 bridgehead atoms. The third kappa shape index (κ3) is 5.59. The Kier molecular flexibility index (Phi) is 6.83. The van der Waals surface area contributed by atoms with Gasteiger partial charge in [-0.15, -0.1) is 0 Å². The summed E-state index contributed by atoms with van der Waals surface area (Å²) in [5.74, 6) is 0.0370. The van der Waals surface area contributed by atoms with Crippen molar-refractivity contribution in [2.45, 2.75) is 4.90 Å². The lowest BCUT2D eigenvalue weighted by Gasteiger charge is -2.11. The van der Waals surface area contributed by atoms with Crippen molar-refractivity contribution in [3.63, 3.8) is 0 Å². The SMILES string of the molecule is COc1cc(/C=N\NS(=O)(=O)c2ccccc2)ccc1Oc1ccc([N+](=O)[O-])cc1[N+](=O)[O-]. The van der Waals surface area contributed by atoms with Gasteiger partial charge in [0.2, 0.25) is 5.75 Å². The molecule has 0 heterocycles. The average Bonchev–Trinajstić information content (AvgIpc) is 2.80. The second-order valence-corrected chi connectivity index (χ2v) is 8.01. The first kappa shape index (κ1) is 23.1. The van der Waals surface area contributed by atoms with Gasteiger partial charge in [0.25, 0.3) is 15.7 Å². The topological polar surface area (TPSA) is 163 Å². The second-order valence-electron chi connectivity index (χ2n) is 6.34. The highest BCUT2D eigenvalue weighted by molar-refractivity contribution is 7.89. The second kappa shape index (κ2) is 9.74. The van der Waals surface area contributed by atoms with Gasteiger partial charge in [-0.25, -0.2) is 4.83 Å². The number of nitro benzene ring substituents is 2. The molecule has 0 spiro atoms. The Morgan fingerprint density at radius 3 is 2.24 bits per heavy atom. The van der Waals surface area contributed by atoms with Gasteiger partial charge in [-0.1, -0.05) is 18.2 Å². The van der Waals surface area contributed by atoms with E-state index in [-0.39, 0.29) is 22.1 Å². The number of nitrogens with zero attached hydrogens (tertiary/aromatic N) is 3. The minimum atomic E-state index is -3.83. The van der Waals surface area contributed by atoms with Crippen molar-refractivity contribution in [3.8, 4) is 17.2 Å². The Labute approximate surface area is 187 Å². The van der Waals surface area contributed by atoms with E-state index in [0.29, 0.717) is 5.56 Å². The lowest BCUT2D eigenvalue weighted by molar-refractivity contribution is -0.394. The van der Waals surface area contributed by atoms with Crippen LogP contribution < -0.4 is 14.3 Å². The highest BCUT2D eigenvalue weighted by atomic mass is 32.2. The summed E-state index contributed by atoms with van der Waals surface area (Å²) < 4.78 is 35.2. The van der Waals surface area contributed by atoms with E-state index in [9.17, 15) is 28.6 Å². The van der Waals surface area contributed by atoms with E-state index in [1.54, 1.807) is 18.2 Å². The van der Waals surface area contributed by atoms with Gasteiger partial charge >= 0.3 is 5.69 Å². The normalized spacial score (nSPS) is 11.2. The quantitative estimate of drug-likeness (QED) is 0.280. The summed E-state index contributed by atoms with van der Waals surface area (Å²) in [7, 11) is -2.49. The van der Waals surface area contributed by atoms with E-state index in [1.165, 1.54) is 43.7 Å². The number of benzene rings is 3. The number of non-ortho nitro benzene ring substituents is 1. The number of hydrogen-bond acceptors (Lipinski definition) is 9. The van der Waals surface area contributed by atoms with Crippen molar-refractivity contribution in [2.75, 3.05) is 7.11 Å². The summed E-state index contributed by atoms with van der Waals surface area (Å²) in [6.07, 6.45) is 1.24. The molecular weight excluding hydrogens is 456 g/mol. The number of sulfonamides is 1. The Morgan fingerprint density at radius 2 is 1.61 bits per heavy atom. The molecule has 0 aliphatic heterocycles. The third-order valence-electron chi connectivity index (χ3n) is 4.20. The smallest absolute Gasteiger partial charge is 0.318 e. The minimum absolute atomic E-state index is 0.0492. The molecule has 13 heteroatoms. The van der Waals surface area contributed by atoms with E-state index in [1.807, 2.05) is 0 Å². The molecule has 0 saturated heterocycles. The van der Waals surface area contributed by atoms with Crippen LogP contribution >= 0.6 is 0 Å². The first-order chi connectivity index (χ1) is 15.7. The Bertz CT molecular complexity index is 1330. The van der Waals surface area contributed by atoms with Crippen LogP contribution in [-0.4, -0.2) is 31.6 Å². The van der Waals surface area contributed by atoms with Gasteiger partial charge in [-0.3, -0.25) is 20.2 Å². The molecule has 0 atom stereocenters. The maximum Gasteiger partial charge on any atom is 0.318 e. The lowest BCUT2D eigenvalue weighted by atomic mass is 10.2. The van der Waals surface area contributed by atoms with Gasteiger partial charge < -0.3 is 9.47 Å². The van der Waals surface area contributed by atoms with Gasteiger partial charge in [0.15, 0.2) is 11.5 Å². The van der Waals surface area contributed by atoms with Crippen molar-refractivity contribution >= 4 is 27.6 Å². The molecule has 170 valence electrons. The Hall–Kier alpha value is -4.52. The minimum Gasteiger partial charge on any atom is -0.493 e. The molecular formula is C20H16N4O8S. The molecule has 12 nitrogen and oxygen atoms in total. The van der Waals surface area contributed by atoms with E-state index >= 15 is 0 Å². The van der Waals surface area contributed by atoms with Crippen LogP contribution in [0.2, 0.25) is 0 Å². The van der Waals surface area contributed by atoms with E-state index in [4.69, 9.17) is 9.47 Å². The molecule has 0 aliphatic carbocycles. The van der Waals surface area contributed by atoms with Gasteiger partial charge in [-0.05, 0) is 42.0 Å². The average molecular weight is 472 g/mol. The summed E-state index contributed by atoms with van der Waals surface area (Å²) in [5.41, 5.74) is -0.606. The number of methoxy groups -OCH3 is 1. The van der Waals surface area contributed by atoms with Crippen LogP contribution in [0.25, 0.3) is 0 Å². The summed E-state index contributed by atoms with van der Waals surface area (Å²) >= 11 is 0. The van der Waals surface area contributed by atoms with Crippen molar-refractivity contribution in [2.24, 2.45) is 5.10 Å². The first-order valence-corrected chi connectivity index (χ1v) is 10.6. The predicted molar refractivity (Wildman–Crippen MR) is 117 cm³/mol. The first-order valence-electron chi connectivity index (χ1n) is 9.10. The molecule has 0 aromatic heterocycles. The van der Waals surface area contributed by atoms with Crippen LogP contribution in [0, 0.1) is 20.2 Å². The lowest BCUT2D eigenvalue weighted by Crippen LogP contribution is -2.18. The molecule has 0 radical (unpaired) electrons. The zero-order valence-electron chi connectivity index (χ0n) is 16.9. The molecule has 0 fully saturated rings. The van der Waals surface area contributed by atoms with Gasteiger partial charge in [-0.2, -0.15) is 13.5 Å². The van der Waals surface area contributed by atoms with E-state index < -0.39 is 31.2 Å². The summed E-state index contributed by atoms with van der Waals surface area (Å²) in [6, 6.07) is 15.1. The molecule has 3 aromatic rings. The number of rotatable bonds is 9. The van der Waals surface area contributed by atoms with Crippen molar-refractivity contribution < 1.29 is 27.7 Å². The monoisotopic (exact) mass is 472 g/mol. The van der Waals surface area contributed by atoms with Crippen molar-refractivity contribution in [1.82, 2.24) is 4.83 Å². The summed E-state index contributed by atoms with van der Waals surface area (Å²) in [6.45, 7) is 0. The maximum absolute atomic E-state index is 12.2. The van der Waals surface area contributed by atoms with Crippen molar-refractivity contribution in [1.29, 1.82) is 0 Å². The van der Waals surface area contributed by atoms with Crippen LogP contribution in [0.4, 0.5) is 11.4 Å². The van der Waals surface area contributed by atoms with Crippen molar-refractivity contribution in [3.05, 3.63) is 92.5 Å². The number of hydrogen-bond donors (Lipinski definition) is 1. The molecule has 0 saturated carbocycles. The standard InChI is InChI=1S/C20H16N4O8S/c1-31-20-11-14(13-21-22-33(29,30)16-5-3-2-4-6-16)7-9-19(20)32-18-10-8-15(23(25)26)12-17(18)24(27)28/h2-13,22H,1H3/b21-13-. The van der Waals surface area contributed by atoms with Gasteiger partial charge in [0.05, 0.1) is 34.1 Å². The Morgan fingerprint density at radius 1 is 0.909 bits per heavy atom. The fraction of sp³-hybridized carbons (Fsp3) is 0.0500. The fourth-order valence-corrected chi connectivity index (χ4v) is 3.45. The van der Waals surface area contributed by atoms with Crippen LogP contribution in [0.1, 0.15) is 5.56 Å². The molecule has 0 amide bonds. The van der Waals surface area contributed by atoms with Gasteiger partial charge in [0, 0.05) is 6.07 Å². The zero-order chi connectivity index (χ0) is 24.0. The zero-order valence-corrected chi connectivity index (χ0v) is 17.8.